The lowest BCUT2D eigenvalue weighted by molar-refractivity contribution is 0.174. The molecule has 0 radical (unpaired) electrons. The first-order valence-electron chi connectivity index (χ1n) is 11.6. The minimum Gasteiger partial charge on any atom is -0.497 e. The van der Waals surface area contributed by atoms with E-state index in [1.54, 1.807) is 7.11 Å². The van der Waals surface area contributed by atoms with Gasteiger partial charge in [-0.1, -0.05) is 42.5 Å². The van der Waals surface area contributed by atoms with Gasteiger partial charge in [0, 0.05) is 0 Å². The zero-order chi connectivity index (χ0) is 23.2. The Hall–Kier alpha value is -3.92. The lowest BCUT2D eigenvalue weighted by Crippen LogP contribution is -1.94. The Morgan fingerprint density at radius 1 is 0.559 bits per heavy atom. The predicted molar refractivity (Wildman–Crippen MR) is 133 cm³/mol. The summed E-state index contributed by atoms with van der Waals surface area (Å²) in [6, 6.07) is 31.1. The van der Waals surface area contributed by atoms with Crippen molar-refractivity contribution in [3.8, 4) is 28.7 Å². The number of hydrogen-bond acceptors (Lipinski definition) is 4. The summed E-state index contributed by atoms with van der Waals surface area (Å²) < 4.78 is 22.3. The number of aryl methyl sites for hydroxylation is 4. The van der Waals surface area contributed by atoms with Gasteiger partial charge in [-0.3, -0.25) is 0 Å². The second-order valence-corrected chi connectivity index (χ2v) is 8.43. The highest BCUT2D eigenvalue weighted by atomic mass is 16.7. The minimum absolute atomic E-state index is 0.311. The van der Waals surface area contributed by atoms with E-state index in [4.69, 9.17) is 18.9 Å². The van der Waals surface area contributed by atoms with Crippen LogP contribution in [0.5, 0.6) is 28.7 Å². The summed E-state index contributed by atoms with van der Waals surface area (Å²) in [6.45, 7) is 0.311. The molecule has 1 aliphatic rings. The van der Waals surface area contributed by atoms with Crippen LogP contribution in [0.4, 0.5) is 0 Å². The highest BCUT2D eigenvalue weighted by Gasteiger charge is 2.13. The molecule has 172 valence electrons. The van der Waals surface area contributed by atoms with Crippen LogP contribution in [0.2, 0.25) is 0 Å². The molecule has 4 aromatic rings. The van der Waals surface area contributed by atoms with Crippen LogP contribution in [0, 0.1) is 0 Å². The minimum atomic E-state index is 0.311. The van der Waals surface area contributed by atoms with Gasteiger partial charge in [0.1, 0.15) is 17.2 Å². The molecule has 34 heavy (non-hydrogen) atoms. The van der Waals surface area contributed by atoms with Gasteiger partial charge < -0.3 is 18.9 Å². The molecule has 0 aromatic heterocycles. The van der Waals surface area contributed by atoms with Gasteiger partial charge in [0.2, 0.25) is 6.79 Å². The molecule has 0 amide bonds. The smallest absolute Gasteiger partial charge is 0.231 e. The second kappa shape index (κ2) is 10.3. The molecule has 1 aliphatic heterocycles. The Morgan fingerprint density at radius 3 is 1.88 bits per heavy atom. The van der Waals surface area contributed by atoms with E-state index in [1.807, 2.05) is 36.4 Å². The van der Waals surface area contributed by atoms with E-state index >= 15 is 0 Å². The third-order valence-electron chi connectivity index (χ3n) is 6.03. The van der Waals surface area contributed by atoms with Crippen LogP contribution in [0.15, 0.2) is 91.0 Å². The van der Waals surface area contributed by atoms with Crippen molar-refractivity contribution in [2.75, 3.05) is 13.9 Å². The van der Waals surface area contributed by atoms with Crippen molar-refractivity contribution in [1.29, 1.82) is 0 Å². The first-order valence-corrected chi connectivity index (χ1v) is 11.6. The van der Waals surface area contributed by atoms with Crippen molar-refractivity contribution in [3.63, 3.8) is 0 Å². The quantitative estimate of drug-likeness (QED) is 0.280. The van der Waals surface area contributed by atoms with Gasteiger partial charge in [-0.05, 0) is 96.5 Å². The summed E-state index contributed by atoms with van der Waals surface area (Å²) >= 11 is 0. The van der Waals surface area contributed by atoms with Crippen molar-refractivity contribution in [3.05, 3.63) is 113 Å². The molecule has 1 heterocycles. The van der Waals surface area contributed by atoms with Crippen molar-refractivity contribution in [1.82, 2.24) is 0 Å². The molecule has 4 heteroatoms. The van der Waals surface area contributed by atoms with Gasteiger partial charge in [0.05, 0.1) is 7.11 Å². The summed E-state index contributed by atoms with van der Waals surface area (Å²) in [5.74, 6) is 4.27. The first-order chi connectivity index (χ1) is 16.7. The van der Waals surface area contributed by atoms with Gasteiger partial charge in [-0.2, -0.15) is 0 Å². The second-order valence-electron chi connectivity index (χ2n) is 8.43. The topological polar surface area (TPSA) is 36.9 Å². The Balaban J connectivity index is 1.15. The van der Waals surface area contributed by atoms with Crippen LogP contribution < -0.4 is 18.9 Å². The van der Waals surface area contributed by atoms with Gasteiger partial charge >= 0.3 is 0 Å². The van der Waals surface area contributed by atoms with E-state index in [9.17, 15) is 0 Å². The summed E-state index contributed by atoms with van der Waals surface area (Å²) in [6.07, 6.45) is 3.81. The van der Waals surface area contributed by atoms with E-state index in [2.05, 4.69) is 54.6 Å². The molecule has 4 nitrogen and oxygen atoms in total. The van der Waals surface area contributed by atoms with Crippen LogP contribution >= 0.6 is 0 Å². The highest BCUT2D eigenvalue weighted by Crippen LogP contribution is 2.33. The van der Waals surface area contributed by atoms with E-state index in [0.717, 1.165) is 54.4 Å². The number of methoxy groups -OCH3 is 1. The van der Waals surface area contributed by atoms with Crippen molar-refractivity contribution >= 4 is 0 Å². The molecular formula is C30H28O4. The van der Waals surface area contributed by atoms with Crippen molar-refractivity contribution < 1.29 is 18.9 Å². The van der Waals surface area contributed by atoms with Crippen LogP contribution in [-0.2, 0) is 25.7 Å². The maximum atomic E-state index is 6.13. The monoisotopic (exact) mass is 452 g/mol. The molecule has 4 aromatic carbocycles. The molecule has 0 spiro atoms. The maximum absolute atomic E-state index is 6.13. The largest absolute Gasteiger partial charge is 0.497 e. The molecular weight excluding hydrogens is 424 g/mol. The fourth-order valence-corrected chi connectivity index (χ4v) is 4.13. The van der Waals surface area contributed by atoms with Crippen molar-refractivity contribution in [2.45, 2.75) is 25.7 Å². The van der Waals surface area contributed by atoms with E-state index in [0.29, 0.717) is 6.79 Å². The Labute approximate surface area is 200 Å². The Morgan fingerprint density at radius 2 is 1.15 bits per heavy atom. The number of hydrogen-bond donors (Lipinski definition) is 0. The lowest BCUT2D eigenvalue weighted by atomic mass is 10.0. The van der Waals surface area contributed by atoms with Crippen LogP contribution in [0.1, 0.15) is 22.3 Å². The van der Waals surface area contributed by atoms with Crippen molar-refractivity contribution in [2.24, 2.45) is 0 Å². The fourth-order valence-electron chi connectivity index (χ4n) is 4.13. The average molecular weight is 453 g/mol. The van der Waals surface area contributed by atoms with E-state index in [1.165, 1.54) is 22.3 Å². The Kier molecular flexibility index (Phi) is 6.66. The molecule has 0 saturated heterocycles. The zero-order valence-corrected chi connectivity index (χ0v) is 19.3. The summed E-state index contributed by atoms with van der Waals surface area (Å²) in [5, 5.41) is 0. The number of fused-ring (bicyclic) bond motifs is 1. The van der Waals surface area contributed by atoms with Gasteiger partial charge in [-0.25, -0.2) is 0 Å². The summed E-state index contributed by atoms with van der Waals surface area (Å²) in [4.78, 5) is 0. The lowest BCUT2D eigenvalue weighted by Gasteiger charge is -2.09. The average Bonchev–Trinajstić information content (AvgIpc) is 3.35. The van der Waals surface area contributed by atoms with E-state index in [-0.39, 0.29) is 0 Å². The van der Waals surface area contributed by atoms with Crippen LogP contribution in [0.25, 0.3) is 0 Å². The van der Waals surface area contributed by atoms with Gasteiger partial charge in [0.25, 0.3) is 0 Å². The molecule has 0 unspecified atom stereocenters. The zero-order valence-electron chi connectivity index (χ0n) is 19.3. The number of benzene rings is 4. The maximum Gasteiger partial charge on any atom is 0.231 e. The van der Waals surface area contributed by atoms with Gasteiger partial charge in [-0.15, -0.1) is 0 Å². The highest BCUT2D eigenvalue weighted by molar-refractivity contribution is 5.45. The number of rotatable bonds is 9. The third-order valence-corrected chi connectivity index (χ3v) is 6.03. The Bertz CT molecular complexity index is 1250. The predicted octanol–water partition coefficient (Wildman–Crippen LogP) is 6.79. The molecule has 0 bridgehead atoms. The molecule has 0 N–H and O–H groups in total. The fraction of sp³-hybridized carbons (Fsp3) is 0.200. The standard InChI is InChI=1S/C30H28O4/c1-31-27-6-2-4-23(18-27)10-11-24-5-3-7-28(19-24)34-26-15-12-22(13-16-26)8-9-25-14-17-29-30(20-25)33-21-32-29/h2-7,12-20H,8-11,21H2,1H3. The van der Waals surface area contributed by atoms with Crippen LogP contribution in [0.3, 0.4) is 0 Å². The molecule has 0 fully saturated rings. The van der Waals surface area contributed by atoms with E-state index < -0.39 is 0 Å². The SMILES string of the molecule is COc1cccc(CCc2cccc(Oc3ccc(CCc4ccc5c(c4)OCO5)cc3)c2)c1. The molecule has 0 saturated carbocycles. The summed E-state index contributed by atoms with van der Waals surface area (Å²) in [5.41, 5.74) is 5.04. The molecule has 5 rings (SSSR count). The molecule has 0 aliphatic carbocycles. The molecule has 0 atom stereocenters. The third kappa shape index (κ3) is 5.52. The number of ether oxygens (including phenoxy) is 4. The summed E-state index contributed by atoms with van der Waals surface area (Å²) in [7, 11) is 1.70. The van der Waals surface area contributed by atoms with Crippen LogP contribution in [-0.4, -0.2) is 13.9 Å². The normalized spacial score (nSPS) is 11.9. The van der Waals surface area contributed by atoms with Gasteiger partial charge in [0.15, 0.2) is 11.5 Å². The first kappa shape index (κ1) is 21.9.